The zero-order valence-corrected chi connectivity index (χ0v) is 13.0. The number of hydrogen-bond donors (Lipinski definition) is 0. The number of benzene rings is 1. The van der Waals surface area contributed by atoms with E-state index in [1.165, 1.54) is 11.3 Å². The number of rotatable bonds is 4. The van der Waals surface area contributed by atoms with Crippen LogP contribution >= 0.6 is 11.3 Å². The van der Waals surface area contributed by atoms with E-state index in [1.54, 1.807) is 18.4 Å². The number of thiophene rings is 1. The molecule has 2 aromatic heterocycles. The van der Waals surface area contributed by atoms with Crippen molar-refractivity contribution in [2.75, 3.05) is 0 Å². The summed E-state index contributed by atoms with van der Waals surface area (Å²) in [4.78, 5) is 11.9. The van der Waals surface area contributed by atoms with Gasteiger partial charge in [0.2, 0.25) is 5.89 Å². The van der Waals surface area contributed by atoms with Gasteiger partial charge in [-0.2, -0.15) is 11.3 Å². The van der Waals surface area contributed by atoms with Gasteiger partial charge in [-0.05, 0) is 37.4 Å². The Labute approximate surface area is 131 Å². The monoisotopic (exact) mass is 314 g/mol. The summed E-state index contributed by atoms with van der Waals surface area (Å²) < 4.78 is 10.9. The van der Waals surface area contributed by atoms with Gasteiger partial charge >= 0.3 is 5.97 Å². The van der Waals surface area contributed by atoms with Crippen LogP contribution in [-0.4, -0.2) is 16.2 Å². The Morgan fingerprint density at radius 1 is 1.23 bits per heavy atom. The van der Waals surface area contributed by atoms with E-state index in [0.717, 1.165) is 11.1 Å². The molecule has 0 bridgehead atoms. The van der Waals surface area contributed by atoms with Crippen LogP contribution in [0.4, 0.5) is 0 Å². The van der Waals surface area contributed by atoms with E-state index >= 15 is 0 Å². The molecule has 5 nitrogen and oxygen atoms in total. The Morgan fingerprint density at radius 3 is 2.68 bits per heavy atom. The third kappa shape index (κ3) is 3.07. The Morgan fingerprint density at radius 2 is 2.00 bits per heavy atom. The average Bonchev–Trinajstić information content (AvgIpc) is 3.20. The van der Waals surface area contributed by atoms with Crippen LogP contribution in [-0.2, 0) is 4.74 Å². The molecule has 0 saturated carbocycles. The lowest BCUT2D eigenvalue weighted by molar-refractivity contribution is 0.0280. The highest BCUT2D eigenvalue weighted by Gasteiger charge is 2.20. The molecule has 0 aliphatic heterocycles. The number of ether oxygens (including phenoxy) is 1. The number of carbonyl (C=O) groups excluding carboxylic acids is 1. The van der Waals surface area contributed by atoms with Gasteiger partial charge < -0.3 is 9.15 Å². The molecular formula is C16H14N2O3S. The van der Waals surface area contributed by atoms with Crippen molar-refractivity contribution < 1.29 is 13.9 Å². The molecular weight excluding hydrogens is 300 g/mol. The molecule has 22 heavy (non-hydrogen) atoms. The molecule has 112 valence electrons. The molecule has 2 heterocycles. The Bertz CT molecular complexity index is 763. The number of nitrogens with zero attached hydrogens (tertiary/aromatic N) is 2. The van der Waals surface area contributed by atoms with E-state index in [-0.39, 0.29) is 5.89 Å². The maximum atomic E-state index is 11.9. The minimum Gasteiger partial charge on any atom is -0.449 e. The first-order valence-electron chi connectivity index (χ1n) is 6.77. The first-order chi connectivity index (χ1) is 10.6. The normalized spacial score (nSPS) is 12.1. The van der Waals surface area contributed by atoms with Crippen molar-refractivity contribution in [2.24, 2.45) is 0 Å². The van der Waals surface area contributed by atoms with E-state index in [4.69, 9.17) is 9.15 Å². The molecule has 1 unspecified atom stereocenters. The zero-order chi connectivity index (χ0) is 15.5. The molecule has 1 aromatic carbocycles. The lowest BCUT2D eigenvalue weighted by atomic mass is 10.1. The third-order valence-corrected chi connectivity index (χ3v) is 3.81. The van der Waals surface area contributed by atoms with E-state index in [2.05, 4.69) is 10.2 Å². The maximum Gasteiger partial charge on any atom is 0.339 e. The van der Waals surface area contributed by atoms with Gasteiger partial charge in [-0.3, -0.25) is 0 Å². The van der Waals surface area contributed by atoms with Gasteiger partial charge in [0.1, 0.15) is 0 Å². The highest BCUT2D eigenvalue weighted by molar-refractivity contribution is 7.08. The highest BCUT2D eigenvalue weighted by atomic mass is 32.1. The largest absolute Gasteiger partial charge is 0.449 e. The van der Waals surface area contributed by atoms with Crippen molar-refractivity contribution in [1.29, 1.82) is 0 Å². The summed E-state index contributed by atoms with van der Waals surface area (Å²) in [6, 6.07) is 9.48. The van der Waals surface area contributed by atoms with Gasteiger partial charge in [0.15, 0.2) is 6.10 Å². The minimum atomic E-state index is -0.598. The van der Waals surface area contributed by atoms with E-state index in [9.17, 15) is 4.79 Å². The second kappa shape index (κ2) is 6.11. The van der Waals surface area contributed by atoms with Crippen LogP contribution in [0.2, 0.25) is 0 Å². The Balaban J connectivity index is 1.73. The van der Waals surface area contributed by atoms with Crippen molar-refractivity contribution >= 4 is 17.3 Å². The molecule has 0 N–H and O–H groups in total. The van der Waals surface area contributed by atoms with Crippen molar-refractivity contribution in [3.05, 3.63) is 58.1 Å². The first kappa shape index (κ1) is 14.5. The molecule has 0 aliphatic carbocycles. The SMILES string of the molecule is Cc1ccc(-c2nnc(C(C)OC(=O)c3ccsc3)o2)cc1. The zero-order valence-electron chi connectivity index (χ0n) is 12.1. The van der Waals surface area contributed by atoms with Crippen LogP contribution in [0.3, 0.4) is 0 Å². The minimum absolute atomic E-state index is 0.277. The van der Waals surface area contributed by atoms with Crippen LogP contribution in [0, 0.1) is 6.92 Å². The summed E-state index contributed by atoms with van der Waals surface area (Å²) in [6.07, 6.45) is -0.598. The molecule has 0 aliphatic rings. The predicted molar refractivity (Wildman–Crippen MR) is 82.6 cm³/mol. The molecule has 3 aromatic rings. The fraction of sp³-hybridized carbons (Fsp3) is 0.188. The number of aryl methyl sites for hydroxylation is 1. The van der Waals surface area contributed by atoms with Crippen molar-refractivity contribution in [3.63, 3.8) is 0 Å². The number of esters is 1. The smallest absolute Gasteiger partial charge is 0.339 e. The topological polar surface area (TPSA) is 65.2 Å². The van der Waals surface area contributed by atoms with Gasteiger partial charge in [0, 0.05) is 10.9 Å². The van der Waals surface area contributed by atoms with Gasteiger partial charge in [0.25, 0.3) is 5.89 Å². The lowest BCUT2D eigenvalue weighted by Crippen LogP contribution is -2.08. The highest BCUT2D eigenvalue weighted by Crippen LogP contribution is 2.23. The van der Waals surface area contributed by atoms with Crippen LogP contribution in [0.25, 0.3) is 11.5 Å². The summed E-state index contributed by atoms with van der Waals surface area (Å²) in [6.45, 7) is 3.71. The van der Waals surface area contributed by atoms with Crippen molar-refractivity contribution in [3.8, 4) is 11.5 Å². The third-order valence-electron chi connectivity index (χ3n) is 3.13. The molecule has 0 amide bonds. The molecule has 1 atom stereocenters. The van der Waals surface area contributed by atoms with Crippen LogP contribution < -0.4 is 0 Å². The molecule has 0 fully saturated rings. The van der Waals surface area contributed by atoms with Crippen molar-refractivity contribution in [1.82, 2.24) is 10.2 Å². The number of carbonyl (C=O) groups is 1. The quantitative estimate of drug-likeness (QED) is 0.680. The Hall–Kier alpha value is -2.47. The van der Waals surface area contributed by atoms with E-state index in [0.29, 0.717) is 11.5 Å². The molecule has 0 saturated heterocycles. The Kier molecular flexibility index (Phi) is 4.02. The molecule has 0 spiro atoms. The van der Waals surface area contributed by atoms with E-state index < -0.39 is 12.1 Å². The van der Waals surface area contributed by atoms with E-state index in [1.807, 2.05) is 36.6 Å². The molecule has 6 heteroatoms. The summed E-state index contributed by atoms with van der Waals surface area (Å²) in [5, 5.41) is 11.5. The maximum absolute atomic E-state index is 11.9. The standard InChI is InChI=1S/C16H14N2O3S/c1-10-3-5-12(6-4-10)15-18-17-14(21-15)11(2)20-16(19)13-7-8-22-9-13/h3-9,11H,1-2H3. The summed E-state index contributed by atoms with van der Waals surface area (Å²) in [5.41, 5.74) is 2.51. The van der Waals surface area contributed by atoms with Gasteiger partial charge in [-0.25, -0.2) is 4.79 Å². The summed E-state index contributed by atoms with van der Waals surface area (Å²) >= 11 is 1.44. The first-order valence-corrected chi connectivity index (χ1v) is 7.71. The number of aromatic nitrogens is 2. The fourth-order valence-electron chi connectivity index (χ4n) is 1.87. The lowest BCUT2D eigenvalue weighted by Gasteiger charge is -2.08. The van der Waals surface area contributed by atoms with Crippen molar-refractivity contribution in [2.45, 2.75) is 20.0 Å². The van der Waals surface area contributed by atoms with Crippen LogP contribution in [0.1, 0.15) is 34.8 Å². The molecule has 0 radical (unpaired) electrons. The van der Waals surface area contributed by atoms with Crippen LogP contribution in [0.5, 0.6) is 0 Å². The second-order valence-corrected chi connectivity index (χ2v) is 5.65. The fourth-order valence-corrected chi connectivity index (χ4v) is 2.50. The van der Waals surface area contributed by atoms with Crippen LogP contribution in [0.15, 0.2) is 45.5 Å². The molecule has 3 rings (SSSR count). The summed E-state index contributed by atoms with van der Waals surface area (Å²) in [5.74, 6) is 0.288. The number of hydrogen-bond acceptors (Lipinski definition) is 6. The van der Waals surface area contributed by atoms with Gasteiger partial charge in [-0.1, -0.05) is 17.7 Å². The summed E-state index contributed by atoms with van der Waals surface area (Å²) in [7, 11) is 0. The van der Waals surface area contributed by atoms with Gasteiger partial charge in [-0.15, -0.1) is 10.2 Å². The predicted octanol–water partition coefficient (Wildman–Crippen LogP) is 4.02. The van der Waals surface area contributed by atoms with Gasteiger partial charge in [0.05, 0.1) is 5.56 Å². The average molecular weight is 314 g/mol. The second-order valence-electron chi connectivity index (χ2n) is 4.87.